The summed E-state index contributed by atoms with van der Waals surface area (Å²) in [7, 11) is 0. The summed E-state index contributed by atoms with van der Waals surface area (Å²) in [5.41, 5.74) is 3.05. The maximum Gasteiger partial charge on any atom is 0.322 e. The van der Waals surface area contributed by atoms with E-state index in [1.54, 1.807) is 6.20 Å². The number of rotatable bonds is 4. The van der Waals surface area contributed by atoms with Crippen molar-refractivity contribution in [3.63, 3.8) is 0 Å². The summed E-state index contributed by atoms with van der Waals surface area (Å²) in [6.45, 7) is 2.90. The molecule has 5 heteroatoms. The molecular formula is C21H21N3O2. The predicted octanol–water partition coefficient (Wildman–Crippen LogP) is 3.77. The fraction of sp³-hybridized carbons (Fsp3) is 0.238. The Kier molecular flexibility index (Phi) is 4.44. The molecule has 132 valence electrons. The number of nitrogens with one attached hydrogen (secondary N) is 1. The van der Waals surface area contributed by atoms with Crippen molar-refractivity contribution in [3.05, 3.63) is 66.4 Å². The topological polar surface area (TPSA) is 54.5 Å². The van der Waals surface area contributed by atoms with Gasteiger partial charge in [-0.25, -0.2) is 4.79 Å². The van der Waals surface area contributed by atoms with E-state index >= 15 is 0 Å². The number of fused-ring (bicyclic) bond motifs is 2. The highest BCUT2D eigenvalue weighted by molar-refractivity contribution is 5.94. The summed E-state index contributed by atoms with van der Waals surface area (Å²) < 4.78 is 5.83. The van der Waals surface area contributed by atoms with E-state index in [0.29, 0.717) is 13.2 Å². The van der Waals surface area contributed by atoms with Crippen molar-refractivity contribution in [1.29, 1.82) is 0 Å². The quantitative estimate of drug-likeness (QED) is 0.731. The van der Waals surface area contributed by atoms with Gasteiger partial charge in [0.2, 0.25) is 0 Å². The number of ether oxygens (including phenoxy) is 1. The molecule has 2 aromatic carbocycles. The molecule has 0 bridgehead atoms. The fourth-order valence-electron chi connectivity index (χ4n) is 3.47. The molecule has 4 rings (SSSR count). The van der Waals surface area contributed by atoms with Crippen LogP contribution in [-0.4, -0.2) is 30.2 Å². The number of carbonyl (C=O) groups is 1. The lowest BCUT2D eigenvalue weighted by Crippen LogP contribution is -2.44. The van der Waals surface area contributed by atoms with Crippen molar-refractivity contribution in [3.8, 4) is 5.75 Å². The minimum Gasteiger partial charge on any atom is -0.489 e. The summed E-state index contributed by atoms with van der Waals surface area (Å²) in [6, 6.07) is 17.9. The molecule has 1 aromatic heterocycles. The van der Waals surface area contributed by atoms with Gasteiger partial charge in [0.15, 0.2) is 0 Å². The van der Waals surface area contributed by atoms with E-state index < -0.39 is 0 Å². The van der Waals surface area contributed by atoms with E-state index in [1.807, 2.05) is 53.4 Å². The summed E-state index contributed by atoms with van der Waals surface area (Å²) in [6.07, 6.45) is 2.64. The Bertz CT molecular complexity index is 936. The average molecular weight is 347 g/mol. The van der Waals surface area contributed by atoms with Crippen LogP contribution in [0.25, 0.3) is 10.9 Å². The van der Waals surface area contributed by atoms with Crippen LogP contribution in [0.2, 0.25) is 0 Å². The summed E-state index contributed by atoms with van der Waals surface area (Å²) in [4.78, 5) is 18.8. The third kappa shape index (κ3) is 3.08. The van der Waals surface area contributed by atoms with Crippen LogP contribution < -0.4 is 15.0 Å². The first-order chi connectivity index (χ1) is 12.7. The molecular weight excluding hydrogens is 326 g/mol. The number of para-hydroxylation sites is 2. The number of aromatic nitrogens is 1. The minimum atomic E-state index is -0.0814. The van der Waals surface area contributed by atoms with Gasteiger partial charge in [0, 0.05) is 23.3 Å². The molecule has 2 amide bonds. The molecule has 1 aliphatic rings. The maximum atomic E-state index is 12.6. The highest BCUT2D eigenvalue weighted by atomic mass is 16.5. The first-order valence-electron chi connectivity index (χ1n) is 8.85. The zero-order chi connectivity index (χ0) is 17.9. The Hall–Kier alpha value is -3.08. The van der Waals surface area contributed by atoms with Gasteiger partial charge in [0.1, 0.15) is 17.9 Å². The van der Waals surface area contributed by atoms with Crippen LogP contribution in [0.3, 0.4) is 0 Å². The number of carbonyl (C=O) groups excluding carboxylic acids is 1. The van der Waals surface area contributed by atoms with Gasteiger partial charge < -0.3 is 10.1 Å². The zero-order valence-corrected chi connectivity index (χ0v) is 14.7. The molecule has 0 saturated heterocycles. The van der Waals surface area contributed by atoms with Gasteiger partial charge in [-0.3, -0.25) is 9.88 Å². The molecule has 0 aliphatic carbocycles. The normalized spacial score (nSPS) is 15.7. The molecule has 0 spiro atoms. The van der Waals surface area contributed by atoms with Crippen LogP contribution in [0.5, 0.6) is 5.75 Å². The largest absolute Gasteiger partial charge is 0.489 e. The van der Waals surface area contributed by atoms with Crippen LogP contribution in [0, 0.1) is 0 Å². The second-order valence-electron chi connectivity index (χ2n) is 6.46. The Balaban J connectivity index is 1.36. The van der Waals surface area contributed by atoms with Gasteiger partial charge in [-0.15, -0.1) is 0 Å². The van der Waals surface area contributed by atoms with Crippen molar-refractivity contribution in [2.45, 2.75) is 19.4 Å². The van der Waals surface area contributed by atoms with Crippen molar-refractivity contribution in [2.24, 2.45) is 0 Å². The van der Waals surface area contributed by atoms with Crippen LogP contribution in [-0.2, 0) is 6.42 Å². The van der Waals surface area contributed by atoms with Crippen molar-refractivity contribution in [1.82, 2.24) is 10.3 Å². The first kappa shape index (κ1) is 16.4. The second kappa shape index (κ2) is 7.04. The molecule has 1 aliphatic heterocycles. The number of urea groups is 1. The summed E-state index contributed by atoms with van der Waals surface area (Å²) in [5, 5.41) is 3.99. The van der Waals surface area contributed by atoms with Gasteiger partial charge in [0.25, 0.3) is 0 Å². The molecule has 2 heterocycles. The number of hydrogen-bond donors (Lipinski definition) is 1. The van der Waals surface area contributed by atoms with E-state index in [4.69, 9.17) is 4.74 Å². The molecule has 1 N–H and O–H groups in total. The van der Waals surface area contributed by atoms with Crippen LogP contribution in [0.4, 0.5) is 10.5 Å². The van der Waals surface area contributed by atoms with Crippen LogP contribution in [0.1, 0.15) is 12.5 Å². The summed E-state index contributed by atoms with van der Waals surface area (Å²) >= 11 is 0. The number of benzene rings is 2. The average Bonchev–Trinajstić information content (AvgIpc) is 3.01. The number of hydrogen-bond acceptors (Lipinski definition) is 3. The third-order valence-corrected chi connectivity index (χ3v) is 4.66. The van der Waals surface area contributed by atoms with E-state index in [1.165, 1.54) is 5.56 Å². The number of nitrogens with zero attached hydrogens (tertiary/aromatic N) is 2. The fourth-order valence-corrected chi connectivity index (χ4v) is 3.47. The van der Waals surface area contributed by atoms with Crippen molar-refractivity contribution < 1.29 is 9.53 Å². The lowest BCUT2D eigenvalue weighted by molar-refractivity contribution is 0.240. The lowest BCUT2D eigenvalue weighted by atomic mass is 10.1. The first-order valence-corrected chi connectivity index (χ1v) is 8.85. The second-order valence-corrected chi connectivity index (χ2v) is 6.46. The van der Waals surface area contributed by atoms with Gasteiger partial charge >= 0.3 is 6.03 Å². The minimum absolute atomic E-state index is 0.0814. The standard InChI is InChI=1S/C21H21N3O2/c1-15-14-17-6-2-3-9-18(17)24(15)21(25)23-12-13-26-19-10-4-7-16-8-5-11-22-20(16)19/h2-11,15H,12-14H2,1H3,(H,23,25). The van der Waals surface area contributed by atoms with Gasteiger partial charge in [0.05, 0.1) is 6.54 Å². The molecule has 1 unspecified atom stereocenters. The Morgan fingerprint density at radius 2 is 2.04 bits per heavy atom. The van der Waals surface area contributed by atoms with Crippen LogP contribution >= 0.6 is 0 Å². The van der Waals surface area contributed by atoms with E-state index in [-0.39, 0.29) is 12.1 Å². The van der Waals surface area contributed by atoms with Gasteiger partial charge in [-0.1, -0.05) is 36.4 Å². The molecule has 0 saturated carbocycles. The van der Waals surface area contributed by atoms with Gasteiger partial charge in [-0.05, 0) is 37.1 Å². The highest BCUT2D eigenvalue weighted by Crippen LogP contribution is 2.31. The lowest BCUT2D eigenvalue weighted by Gasteiger charge is -2.23. The Labute approximate surface area is 152 Å². The molecule has 26 heavy (non-hydrogen) atoms. The highest BCUT2D eigenvalue weighted by Gasteiger charge is 2.30. The smallest absolute Gasteiger partial charge is 0.322 e. The van der Waals surface area contributed by atoms with E-state index in [9.17, 15) is 4.79 Å². The number of anilines is 1. The number of pyridine rings is 1. The third-order valence-electron chi connectivity index (χ3n) is 4.66. The Morgan fingerprint density at radius 1 is 1.19 bits per heavy atom. The monoisotopic (exact) mass is 347 g/mol. The summed E-state index contributed by atoms with van der Waals surface area (Å²) in [5.74, 6) is 0.734. The molecule has 3 aromatic rings. The number of amides is 2. The predicted molar refractivity (Wildman–Crippen MR) is 103 cm³/mol. The van der Waals surface area contributed by atoms with E-state index in [2.05, 4.69) is 23.3 Å². The maximum absolute atomic E-state index is 12.6. The molecule has 1 atom stereocenters. The molecule has 5 nitrogen and oxygen atoms in total. The van der Waals surface area contributed by atoms with Crippen molar-refractivity contribution in [2.75, 3.05) is 18.1 Å². The van der Waals surface area contributed by atoms with E-state index in [0.717, 1.165) is 28.8 Å². The molecule has 0 radical (unpaired) electrons. The Morgan fingerprint density at radius 3 is 2.96 bits per heavy atom. The SMILES string of the molecule is CC1Cc2ccccc2N1C(=O)NCCOc1cccc2cccnc12. The molecule has 0 fully saturated rings. The van der Waals surface area contributed by atoms with Crippen LogP contribution in [0.15, 0.2) is 60.8 Å². The van der Waals surface area contributed by atoms with Gasteiger partial charge in [-0.2, -0.15) is 0 Å². The van der Waals surface area contributed by atoms with Crippen molar-refractivity contribution >= 4 is 22.6 Å². The zero-order valence-electron chi connectivity index (χ0n) is 14.7.